The molecule has 1 N–H and O–H groups in total. The Morgan fingerprint density at radius 3 is 2.70 bits per heavy atom. The minimum atomic E-state index is -3.04. The second-order valence-electron chi connectivity index (χ2n) is 5.62. The first kappa shape index (κ1) is 14.9. The third-order valence-electron chi connectivity index (χ3n) is 3.36. The molecule has 1 heterocycles. The summed E-state index contributed by atoms with van der Waals surface area (Å²) in [4.78, 5) is 20.1. The standard InChI is InChI=1S/C13H19N3O3S/c1-10-14-6-3-11(16-10)8-15-12(17)7-13(4-5-13)9-20(2,18)19/h3,6H,4-5,7-9H2,1-2H3,(H,15,17). The van der Waals surface area contributed by atoms with Crippen LogP contribution in [0.15, 0.2) is 12.3 Å². The van der Waals surface area contributed by atoms with Crippen molar-refractivity contribution in [3.63, 3.8) is 0 Å². The Morgan fingerprint density at radius 2 is 2.15 bits per heavy atom. The highest BCUT2D eigenvalue weighted by Gasteiger charge is 2.46. The van der Waals surface area contributed by atoms with Gasteiger partial charge in [-0.25, -0.2) is 18.4 Å². The molecule has 1 fully saturated rings. The average Bonchev–Trinajstić information content (AvgIpc) is 3.03. The molecule has 110 valence electrons. The average molecular weight is 297 g/mol. The van der Waals surface area contributed by atoms with E-state index >= 15 is 0 Å². The van der Waals surface area contributed by atoms with Crippen molar-refractivity contribution in [2.24, 2.45) is 5.41 Å². The van der Waals surface area contributed by atoms with Crippen LogP contribution in [0.1, 0.15) is 30.8 Å². The van der Waals surface area contributed by atoms with Gasteiger partial charge in [-0.15, -0.1) is 0 Å². The second kappa shape index (κ2) is 5.47. The number of aromatic nitrogens is 2. The number of hydrogen-bond acceptors (Lipinski definition) is 5. The van der Waals surface area contributed by atoms with Gasteiger partial charge in [-0.05, 0) is 31.2 Å². The third kappa shape index (κ3) is 4.56. The van der Waals surface area contributed by atoms with Gasteiger partial charge in [-0.1, -0.05) is 0 Å². The third-order valence-corrected chi connectivity index (χ3v) is 4.50. The maximum absolute atomic E-state index is 11.9. The van der Waals surface area contributed by atoms with Crippen LogP contribution in [0.2, 0.25) is 0 Å². The predicted octanol–water partition coefficient (Wildman–Crippen LogP) is 0.616. The van der Waals surface area contributed by atoms with E-state index in [0.717, 1.165) is 18.5 Å². The Morgan fingerprint density at radius 1 is 1.45 bits per heavy atom. The molecular formula is C13H19N3O3S. The van der Waals surface area contributed by atoms with Crippen LogP contribution in [0, 0.1) is 12.3 Å². The summed E-state index contributed by atoms with van der Waals surface area (Å²) in [7, 11) is -3.04. The second-order valence-corrected chi connectivity index (χ2v) is 7.76. The van der Waals surface area contributed by atoms with Crippen LogP contribution in [0.5, 0.6) is 0 Å². The molecule has 0 bridgehead atoms. The zero-order valence-electron chi connectivity index (χ0n) is 11.7. The molecule has 1 saturated carbocycles. The van der Waals surface area contributed by atoms with Crippen LogP contribution >= 0.6 is 0 Å². The van der Waals surface area contributed by atoms with Gasteiger partial charge >= 0.3 is 0 Å². The molecule has 1 amide bonds. The number of nitrogens with one attached hydrogen (secondary N) is 1. The fourth-order valence-corrected chi connectivity index (χ4v) is 3.80. The molecule has 0 spiro atoms. The van der Waals surface area contributed by atoms with E-state index in [4.69, 9.17) is 0 Å². The van der Waals surface area contributed by atoms with Crippen molar-refractivity contribution in [3.8, 4) is 0 Å². The van der Waals surface area contributed by atoms with Crippen molar-refractivity contribution in [2.45, 2.75) is 32.7 Å². The normalized spacial score (nSPS) is 16.7. The fourth-order valence-electron chi connectivity index (χ4n) is 2.30. The highest BCUT2D eigenvalue weighted by Crippen LogP contribution is 2.49. The molecule has 1 aliphatic rings. The Kier molecular flexibility index (Phi) is 4.08. The van der Waals surface area contributed by atoms with E-state index in [1.54, 1.807) is 19.2 Å². The number of hydrogen-bond donors (Lipinski definition) is 1. The van der Waals surface area contributed by atoms with Crippen LogP contribution < -0.4 is 5.32 Å². The van der Waals surface area contributed by atoms with Gasteiger partial charge in [0.05, 0.1) is 18.0 Å². The molecule has 1 aromatic heterocycles. The van der Waals surface area contributed by atoms with Gasteiger partial charge in [-0.3, -0.25) is 4.79 Å². The molecule has 0 saturated heterocycles. The van der Waals surface area contributed by atoms with E-state index in [0.29, 0.717) is 12.4 Å². The van der Waals surface area contributed by atoms with Gasteiger partial charge < -0.3 is 5.32 Å². The number of aryl methyl sites for hydroxylation is 1. The molecule has 0 radical (unpaired) electrons. The number of sulfone groups is 1. The van der Waals surface area contributed by atoms with Gasteiger partial charge in [-0.2, -0.15) is 0 Å². The zero-order chi connectivity index (χ0) is 14.8. The van der Waals surface area contributed by atoms with Gasteiger partial charge in [0.25, 0.3) is 0 Å². The Bertz CT molecular complexity index is 609. The molecule has 0 aliphatic heterocycles. The molecule has 1 aliphatic carbocycles. The quantitative estimate of drug-likeness (QED) is 0.831. The monoisotopic (exact) mass is 297 g/mol. The Hall–Kier alpha value is -1.50. The predicted molar refractivity (Wildman–Crippen MR) is 74.6 cm³/mol. The number of carbonyl (C=O) groups excluding carboxylic acids is 1. The molecule has 6 nitrogen and oxygen atoms in total. The summed E-state index contributed by atoms with van der Waals surface area (Å²) < 4.78 is 22.7. The summed E-state index contributed by atoms with van der Waals surface area (Å²) >= 11 is 0. The van der Waals surface area contributed by atoms with Crippen molar-refractivity contribution < 1.29 is 13.2 Å². The minimum Gasteiger partial charge on any atom is -0.350 e. The molecular weight excluding hydrogens is 278 g/mol. The largest absolute Gasteiger partial charge is 0.350 e. The van der Waals surface area contributed by atoms with Crippen molar-refractivity contribution in [3.05, 3.63) is 23.8 Å². The van der Waals surface area contributed by atoms with Crippen molar-refractivity contribution in [1.29, 1.82) is 0 Å². The molecule has 20 heavy (non-hydrogen) atoms. The van der Waals surface area contributed by atoms with E-state index in [9.17, 15) is 13.2 Å². The Balaban J connectivity index is 1.84. The highest BCUT2D eigenvalue weighted by atomic mass is 32.2. The molecule has 0 aromatic carbocycles. The van der Waals surface area contributed by atoms with Crippen LogP contribution in [0.4, 0.5) is 0 Å². The Labute approximate surface area is 118 Å². The van der Waals surface area contributed by atoms with E-state index in [1.165, 1.54) is 6.26 Å². The number of carbonyl (C=O) groups is 1. The highest BCUT2D eigenvalue weighted by molar-refractivity contribution is 7.90. The van der Waals surface area contributed by atoms with E-state index < -0.39 is 9.84 Å². The van der Waals surface area contributed by atoms with Gasteiger partial charge in [0.2, 0.25) is 5.91 Å². The lowest BCUT2D eigenvalue weighted by atomic mass is 10.1. The summed E-state index contributed by atoms with van der Waals surface area (Å²) in [5, 5.41) is 2.78. The summed E-state index contributed by atoms with van der Waals surface area (Å²) in [5.74, 6) is 0.634. The first-order valence-corrected chi connectivity index (χ1v) is 8.57. The fraction of sp³-hybridized carbons (Fsp3) is 0.615. The van der Waals surface area contributed by atoms with E-state index in [-0.39, 0.29) is 23.5 Å². The lowest BCUT2D eigenvalue weighted by Gasteiger charge is -2.13. The SMILES string of the molecule is Cc1nccc(CNC(=O)CC2(CS(C)(=O)=O)CC2)n1. The molecule has 2 rings (SSSR count). The number of nitrogens with zero attached hydrogens (tertiary/aromatic N) is 2. The zero-order valence-corrected chi connectivity index (χ0v) is 12.5. The summed E-state index contributed by atoms with van der Waals surface area (Å²) in [6.45, 7) is 2.13. The summed E-state index contributed by atoms with van der Waals surface area (Å²) in [6, 6.07) is 1.75. The smallest absolute Gasteiger partial charge is 0.220 e. The lowest BCUT2D eigenvalue weighted by Crippen LogP contribution is -2.28. The molecule has 0 unspecified atom stereocenters. The minimum absolute atomic E-state index is 0.0973. The lowest BCUT2D eigenvalue weighted by molar-refractivity contribution is -0.122. The van der Waals surface area contributed by atoms with E-state index in [2.05, 4.69) is 15.3 Å². The van der Waals surface area contributed by atoms with Crippen LogP contribution in [0.3, 0.4) is 0 Å². The van der Waals surface area contributed by atoms with Gasteiger partial charge in [0.1, 0.15) is 15.7 Å². The molecule has 1 aromatic rings. The number of amides is 1. The van der Waals surface area contributed by atoms with Gasteiger partial charge in [0.15, 0.2) is 0 Å². The van der Waals surface area contributed by atoms with Crippen molar-refractivity contribution in [1.82, 2.24) is 15.3 Å². The first-order chi connectivity index (χ1) is 9.28. The van der Waals surface area contributed by atoms with Crippen LogP contribution in [0.25, 0.3) is 0 Å². The number of rotatable bonds is 6. The van der Waals surface area contributed by atoms with Crippen LogP contribution in [-0.2, 0) is 21.2 Å². The van der Waals surface area contributed by atoms with Crippen molar-refractivity contribution >= 4 is 15.7 Å². The van der Waals surface area contributed by atoms with E-state index in [1.807, 2.05) is 0 Å². The molecule has 7 heteroatoms. The maximum atomic E-state index is 11.9. The van der Waals surface area contributed by atoms with Crippen LogP contribution in [-0.4, -0.2) is 36.3 Å². The van der Waals surface area contributed by atoms with Gasteiger partial charge in [0, 0.05) is 18.9 Å². The maximum Gasteiger partial charge on any atom is 0.220 e. The van der Waals surface area contributed by atoms with Crippen molar-refractivity contribution in [2.75, 3.05) is 12.0 Å². The summed E-state index contributed by atoms with van der Waals surface area (Å²) in [5.41, 5.74) is 0.415. The topological polar surface area (TPSA) is 89.0 Å². The molecule has 0 atom stereocenters. The first-order valence-electron chi connectivity index (χ1n) is 6.51. The summed E-state index contributed by atoms with van der Waals surface area (Å²) in [6.07, 6.45) is 4.74.